The zero-order chi connectivity index (χ0) is 12.5. The van der Waals surface area contributed by atoms with Crippen LogP contribution in [0.15, 0.2) is 0 Å². The van der Waals surface area contributed by atoms with Gasteiger partial charge in [-0.25, -0.2) is 0 Å². The topological polar surface area (TPSA) is 144 Å². The van der Waals surface area contributed by atoms with Gasteiger partial charge < -0.3 is 24.9 Å². The average molecular weight is 261 g/mol. The molecule has 0 aliphatic carbocycles. The average Bonchev–Trinajstić information content (AvgIpc) is 1.94. The molecule has 0 saturated carbocycles. The zero-order valence-corrected chi connectivity index (χ0v) is 9.90. The highest BCUT2D eigenvalue weighted by molar-refractivity contribution is 7.72. The van der Waals surface area contributed by atoms with Crippen molar-refractivity contribution in [3.8, 4) is 0 Å². The molecule has 0 radical (unpaired) electrons. The highest BCUT2D eigenvalue weighted by atomic mass is 31.2. The predicted molar refractivity (Wildman–Crippen MR) is 50.9 cm³/mol. The molecule has 0 rings (SSSR count). The molecule has 0 aromatic rings. The molecule has 0 atom stereocenters. The van der Waals surface area contributed by atoms with Crippen LogP contribution in [-0.2, 0) is 13.9 Å². The Balaban J connectivity index is 5.64. The summed E-state index contributed by atoms with van der Waals surface area (Å²) < 4.78 is 22.1. The van der Waals surface area contributed by atoms with Crippen molar-refractivity contribution in [3.05, 3.63) is 0 Å². The monoisotopic (exact) mass is 261 g/mol. The Bertz CT molecular complexity index is 319. The van der Waals surface area contributed by atoms with Gasteiger partial charge in [0.25, 0.3) is 0 Å². The van der Waals surface area contributed by atoms with Crippen molar-refractivity contribution in [2.75, 3.05) is 0 Å². The maximum absolute atomic E-state index is 11.1. The highest BCUT2D eigenvalue weighted by Gasteiger charge is 2.59. The minimum atomic E-state index is -5.18. The lowest BCUT2D eigenvalue weighted by Gasteiger charge is -2.33. The number of amides is 1. The third-order valence-corrected chi connectivity index (χ3v) is 6.18. The fourth-order valence-electron chi connectivity index (χ4n) is 1.10. The molecule has 0 aromatic heterocycles. The van der Waals surface area contributed by atoms with Crippen molar-refractivity contribution in [1.82, 2.24) is 5.32 Å². The number of carbonyl (C=O) groups excluding carboxylic acids is 1. The first-order valence-electron chi connectivity index (χ1n) is 3.88. The standard InChI is InChI=1S/C5H13NO7P2/c1-3-5(6-4(2)7,14(8,9)10)15(11,12)13/h3H2,1-2H3,(H,6,7)(H2,8,9,10)(H2,11,12,13). The van der Waals surface area contributed by atoms with Crippen LogP contribution < -0.4 is 5.32 Å². The first-order chi connectivity index (χ1) is 6.48. The molecule has 0 fully saturated rings. The van der Waals surface area contributed by atoms with Crippen LogP contribution in [0, 0.1) is 0 Å². The lowest BCUT2D eigenvalue weighted by molar-refractivity contribution is -0.119. The lowest BCUT2D eigenvalue weighted by atomic mass is 10.4. The SMILES string of the molecule is CCC(NC(C)=O)(P(=O)(O)O)P(=O)(O)O. The first kappa shape index (κ1) is 14.8. The Morgan fingerprint density at radius 1 is 1.20 bits per heavy atom. The van der Waals surface area contributed by atoms with E-state index in [9.17, 15) is 13.9 Å². The second kappa shape index (κ2) is 4.33. The molecular weight excluding hydrogens is 248 g/mol. The molecule has 5 N–H and O–H groups in total. The van der Waals surface area contributed by atoms with Gasteiger partial charge in [-0.2, -0.15) is 0 Å². The Morgan fingerprint density at radius 3 is 1.60 bits per heavy atom. The summed E-state index contributed by atoms with van der Waals surface area (Å²) in [6.07, 6.45) is -0.582. The summed E-state index contributed by atoms with van der Waals surface area (Å²) in [5, 5.41) is -1.17. The molecule has 15 heavy (non-hydrogen) atoms. The Labute approximate surface area is 86.0 Å². The van der Waals surface area contributed by atoms with E-state index in [1.807, 2.05) is 0 Å². The summed E-state index contributed by atoms with van der Waals surface area (Å²) in [4.78, 5) is 46.4. The molecule has 0 unspecified atom stereocenters. The van der Waals surface area contributed by atoms with Crippen LogP contribution in [0.25, 0.3) is 0 Å². The van der Waals surface area contributed by atoms with Crippen LogP contribution >= 0.6 is 15.2 Å². The van der Waals surface area contributed by atoms with Gasteiger partial charge in [0.05, 0.1) is 0 Å². The molecule has 0 heterocycles. The molecule has 0 aromatic carbocycles. The molecule has 0 aliphatic heterocycles. The molecule has 90 valence electrons. The zero-order valence-electron chi connectivity index (χ0n) is 8.12. The van der Waals surface area contributed by atoms with E-state index in [2.05, 4.69) is 0 Å². The van der Waals surface area contributed by atoms with Crippen molar-refractivity contribution >= 4 is 21.1 Å². The van der Waals surface area contributed by atoms with Gasteiger partial charge in [-0.1, -0.05) is 6.92 Å². The first-order valence-corrected chi connectivity index (χ1v) is 7.10. The minimum Gasteiger partial charge on any atom is -0.330 e. The summed E-state index contributed by atoms with van der Waals surface area (Å²) >= 11 is 0. The smallest absolute Gasteiger partial charge is 0.330 e. The number of hydrogen-bond donors (Lipinski definition) is 5. The van der Waals surface area contributed by atoms with Gasteiger partial charge in [0.1, 0.15) is 0 Å². The second-order valence-electron chi connectivity index (χ2n) is 2.94. The number of nitrogens with one attached hydrogen (secondary N) is 1. The van der Waals surface area contributed by atoms with Gasteiger partial charge >= 0.3 is 15.2 Å². The maximum atomic E-state index is 11.1. The van der Waals surface area contributed by atoms with Gasteiger partial charge in [-0.05, 0) is 6.42 Å². The van der Waals surface area contributed by atoms with Crippen LogP contribution in [0.5, 0.6) is 0 Å². The van der Waals surface area contributed by atoms with Gasteiger partial charge in [0.15, 0.2) is 0 Å². The van der Waals surface area contributed by atoms with E-state index in [-0.39, 0.29) is 0 Å². The van der Waals surface area contributed by atoms with Crippen molar-refractivity contribution in [2.45, 2.75) is 25.3 Å². The molecule has 0 saturated heterocycles. The summed E-state index contributed by atoms with van der Waals surface area (Å²) in [5.41, 5.74) is 0. The molecular formula is C5H13NO7P2. The highest BCUT2D eigenvalue weighted by Crippen LogP contribution is 2.68. The van der Waals surface area contributed by atoms with E-state index in [0.717, 1.165) is 13.8 Å². The number of carbonyl (C=O) groups is 1. The molecule has 10 heteroatoms. The van der Waals surface area contributed by atoms with Crippen molar-refractivity contribution in [2.24, 2.45) is 0 Å². The van der Waals surface area contributed by atoms with E-state index in [1.54, 1.807) is 5.32 Å². The normalized spacial score (nSPS) is 13.7. The molecule has 0 aliphatic rings. The third-order valence-electron chi connectivity index (χ3n) is 1.83. The summed E-state index contributed by atoms with van der Waals surface area (Å²) in [7, 11) is -10.4. The van der Waals surface area contributed by atoms with E-state index >= 15 is 0 Å². The van der Waals surface area contributed by atoms with Crippen LogP contribution in [0.3, 0.4) is 0 Å². The quantitative estimate of drug-likeness (QED) is 0.430. The van der Waals surface area contributed by atoms with Crippen molar-refractivity contribution in [3.63, 3.8) is 0 Å². The maximum Gasteiger partial charge on any atom is 0.363 e. The molecule has 0 bridgehead atoms. The van der Waals surface area contributed by atoms with Crippen LogP contribution in [-0.4, -0.2) is 30.5 Å². The third kappa shape index (κ3) is 2.87. The molecule has 8 nitrogen and oxygen atoms in total. The summed E-state index contributed by atoms with van der Waals surface area (Å²) in [6, 6.07) is 0. The number of rotatable bonds is 4. The van der Waals surface area contributed by atoms with Gasteiger partial charge in [0, 0.05) is 6.92 Å². The van der Waals surface area contributed by atoms with Gasteiger partial charge in [-0.15, -0.1) is 0 Å². The van der Waals surface area contributed by atoms with E-state index < -0.39 is 32.5 Å². The van der Waals surface area contributed by atoms with E-state index in [4.69, 9.17) is 19.6 Å². The van der Waals surface area contributed by atoms with E-state index in [1.165, 1.54) is 0 Å². The number of hydrogen-bond acceptors (Lipinski definition) is 3. The Morgan fingerprint density at radius 2 is 1.53 bits per heavy atom. The van der Waals surface area contributed by atoms with Gasteiger partial charge in [0.2, 0.25) is 10.9 Å². The van der Waals surface area contributed by atoms with Crippen molar-refractivity contribution in [1.29, 1.82) is 0 Å². The second-order valence-corrected chi connectivity index (χ2v) is 7.00. The molecule has 0 spiro atoms. The van der Waals surface area contributed by atoms with Crippen LogP contribution in [0.4, 0.5) is 0 Å². The fourth-order valence-corrected chi connectivity index (χ4v) is 3.89. The Hall–Kier alpha value is -0.230. The van der Waals surface area contributed by atoms with Crippen LogP contribution in [0.1, 0.15) is 20.3 Å². The summed E-state index contributed by atoms with van der Waals surface area (Å²) in [6.45, 7) is 2.07. The lowest BCUT2D eigenvalue weighted by Crippen LogP contribution is -2.46. The largest absolute Gasteiger partial charge is 0.363 e. The van der Waals surface area contributed by atoms with E-state index in [0.29, 0.717) is 0 Å². The van der Waals surface area contributed by atoms with Crippen molar-refractivity contribution < 1.29 is 33.5 Å². The van der Waals surface area contributed by atoms with Crippen LogP contribution in [0.2, 0.25) is 0 Å². The minimum absolute atomic E-state index is 0.582. The molecule has 1 amide bonds. The Kier molecular flexibility index (Phi) is 4.26. The predicted octanol–water partition coefficient (Wildman–Crippen LogP) is -0.458. The fraction of sp³-hybridized carbons (Fsp3) is 0.800. The summed E-state index contributed by atoms with van der Waals surface area (Å²) in [5.74, 6) is -0.927. The van der Waals surface area contributed by atoms with Gasteiger partial charge in [-0.3, -0.25) is 13.9 Å².